The molecule has 3 heteroatoms. The van der Waals surface area contributed by atoms with Crippen LogP contribution in [-0.2, 0) is 0 Å². The summed E-state index contributed by atoms with van der Waals surface area (Å²) in [4.78, 5) is 3.09. The van der Waals surface area contributed by atoms with E-state index in [9.17, 15) is 5.11 Å². The van der Waals surface area contributed by atoms with Gasteiger partial charge in [-0.15, -0.1) is 0 Å². The zero-order valence-corrected chi connectivity index (χ0v) is 9.70. The molecule has 3 saturated heterocycles. The van der Waals surface area contributed by atoms with Crippen molar-refractivity contribution in [1.82, 2.24) is 4.90 Å². The lowest BCUT2D eigenvalue weighted by Gasteiger charge is -2.50. The Morgan fingerprint density at radius 1 is 1.62 bits per heavy atom. The summed E-state index contributed by atoms with van der Waals surface area (Å²) in [7, 11) is 0. The highest BCUT2D eigenvalue weighted by molar-refractivity contribution is 9.09. The number of fused-ring (bicyclic) bond motifs is 3. The van der Waals surface area contributed by atoms with Gasteiger partial charge in [0.25, 0.3) is 0 Å². The highest BCUT2D eigenvalue weighted by Gasteiger charge is 2.40. The highest BCUT2D eigenvalue weighted by Crippen LogP contribution is 2.39. The summed E-state index contributed by atoms with van der Waals surface area (Å²) in [5, 5.41) is 9.18. The van der Waals surface area contributed by atoms with Crippen LogP contribution < -0.4 is 0 Å². The van der Waals surface area contributed by atoms with E-state index in [0.717, 1.165) is 11.8 Å². The van der Waals surface area contributed by atoms with Gasteiger partial charge >= 0.3 is 0 Å². The van der Waals surface area contributed by atoms with Gasteiger partial charge in [0, 0.05) is 17.4 Å². The normalized spacial score (nSPS) is 46.4. The molecule has 1 N–H and O–H groups in total. The van der Waals surface area contributed by atoms with Gasteiger partial charge < -0.3 is 5.11 Å². The maximum Gasteiger partial charge on any atom is 0.0586 e. The largest absolute Gasteiger partial charge is 0.395 e. The molecule has 0 aromatic rings. The van der Waals surface area contributed by atoms with Gasteiger partial charge in [-0.3, -0.25) is 4.90 Å². The molecule has 2 bridgehead atoms. The molecule has 0 aromatic carbocycles. The van der Waals surface area contributed by atoms with Crippen LogP contribution in [0.2, 0.25) is 0 Å². The van der Waals surface area contributed by atoms with Crippen molar-refractivity contribution in [3.05, 3.63) is 0 Å². The second-order valence-electron chi connectivity index (χ2n) is 4.46. The lowest BCUT2D eigenvalue weighted by Crippen LogP contribution is -2.56. The van der Waals surface area contributed by atoms with E-state index in [-0.39, 0.29) is 0 Å². The van der Waals surface area contributed by atoms with Gasteiger partial charge in [-0.25, -0.2) is 0 Å². The molecule has 3 aliphatic heterocycles. The minimum Gasteiger partial charge on any atom is -0.395 e. The average Bonchev–Trinajstić information content (AvgIpc) is 2.18. The van der Waals surface area contributed by atoms with E-state index in [2.05, 4.69) is 27.8 Å². The Kier molecular flexibility index (Phi) is 2.96. The second kappa shape index (κ2) is 3.87. The Balaban J connectivity index is 2.03. The van der Waals surface area contributed by atoms with Gasteiger partial charge in [0.2, 0.25) is 0 Å². The summed E-state index contributed by atoms with van der Waals surface area (Å²) in [6.07, 6.45) is 2.54. The fourth-order valence-corrected chi connectivity index (χ4v) is 3.49. The second-order valence-corrected chi connectivity index (χ2v) is 5.90. The van der Waals surface area contributed by atoms with Crippen LogP contribution in [0, 0.1) is 11.8 Å². The molecule has 3 heterocycles. The number of piperidine rings is 3. The minimum atomic E-state index is 0.347. The standard InChI is InChI=1S/C10H18BrNO/c1-7(11)10-5-12-3-2-8(10)4-9(12)6-13/h7-10,13H,2-6H2,1H3/t7?,8-,9-,10+/m0/s1. The van der Waals surface area contributed by atoms with Crippen LogP contribution in [0.1, 0.15) is 19.8 Å². The number of alkyl halides is 1. The molecule has 0 aliphatic carbocycles. The third-order valence-electron chi connectivity index (χ3n) is 3.73. The number of hydrogen-bond acceptors (Lipinski definition) is 2. The van der Waals surface area contributed by atoms with E-state index < -0.39 is 0 Å². The quantitative estimate of drug-likeness (QED) is 0.748. The zero-order chi connectivity index (χ0) is 9.42. The fraction of sp³-hybridized carbons (Fsp3) is 1.00. The van der Waals surface area contributed by atoms with Crippen molar-refractivity contribution >= 4 is 15.9 Å². The molecule has 13 heavy (non-hydrogen) atoms. The molecule has 0 saturated carbocycles. The SMILES string of the molecule is CC(Br)[C@H]1CN2CC[C@H]1C[C@H]2CO. The van der Waals surface area contributed by atoms with Crippen molar-refractivity contribution in [1.29, 1.82) is 0 Å². The lowest BCUT2D eigenvalue weighted by atomic mass is 9.74. The summed E-state index contributed by atoms with van der Waals surface area (Å²) in [6, 6.07) is 0.459. The van der Waals surface area contributed by atoms with E-state index in [1.165, 1.54) is 25.9 Å². The van der Waals surface area contributed by atoms with E-state index in [4.69, 9.17) is 0 Å². The van der Waals surface area contributed by atoms with Crippen molar-refractivity contribution in [3.63, 3.8) is 0 Å². The fourth-order valence-electron chi connectivity index (χ4n) is 2.89. The van der Waals surface area contributed by atoms with Crippen molar-refractivity contribution in [3.8, 4) is 0 Å². The van der Waals surface area contributed by atoms with Gasteiger partial charge in [0.15, 0.2) is 0 Å². The van der Waals surface area contributed by atoms with Gasteiger partial charge in [0.05, 0.1) is 6.61 Å². The Bertz CT molecular complexity index is 186. The Morgan fingerprint density at radius 3 is 2.85 bits per heavy atom. The number of halogens is 1. The van der Waals surface area contributed by atoms with Gasteiger partial charge in [0.1, 0.15) is 0 Å². The molecule has 0 amide bonds. The molecule has 76 valence electrons. The smallest absolute Gasteiger partial charge is 0.0586 e. The molecular formula is C10H18BrNO. The van der Waals surface area contributed by atoms with Crippen molar-refractivity contribution in [2.75, 3.05) is 19.7 Å². The van der Waals surface area contributed by atoms with E-state index >= 15 is 0 Å². The highest BCUT2D eigenvalue weighted by atomic mass is 79.9. The molecule has 5 atom stereocenters. The van der Waals surface area contributed by atoms with Crippen LogP contribution in [0.4, 0.5) is 0 Å². The van der Waals surface area contributed by atoms with Gasteiger partial charge in [-0.05, 0) is 31.2 Å². The van der Waals surface area contributed by atoms with E-state index in [1.807, 2.05) is 0 Å². The summed E-state index contributed by atoms with van der Waals surface area (Å²) in [5.41, 5.74) is 0. The zero-order valence-electron chi connectivity index (χ0n) is 8.12. The van der Waals surface area contributed by atoms with E-state index in [0.29, 0.717) is 17.5 Å². The molecular weight excluding hydrogens is 230 g/mol. The molecule has 2 unspecified atom stereocenters. The molecule has 3 aliphatic rings. The number of aliphatic hydroxyl groups excluding tert-OH is 1. The van der Waals surface area contributed by atoms with Crippen LogP contribution >= 0.6 is 15.9 Å². The predicted molar refractivity (Wildman–Crippen MR) is 57.0 cm³/mol. The summed E-state index contributed by atoms with van der Waals surface area (Å²) < 4.78 is 0. The van der Waals surface area contributed by atoms with Crippen LogP contribution in [-0.4, -0.2) is 40.6 Å². The van der Waals surface area contributed by atoms with Crippen molar-refractivity contribution < 1.29 is 5.11 Å². The summed E-state index contributed by atoms with van der Waals surface area (Å²) in [5.74, 6) is 1.65. The van der Waals surface area contributed by atoms with Crippen molar-refractivity contribution in [2.24, 2.45) is 11.8 Å². The number of aliphatic hydroxyl groups is 1. The maximum absolute atomic E-state index is 9.18. The molecule has 0 spiro atoms. The summed E-state index contributed by atoms with van der Waals surface area (Å²) >= 11 is 3.69. The third-order valence-corrected chi connectivity index (χ3v) is 4.41. The molecule has 3 rings (SSSR count). The lowest BCUT2D eigenvalue weighted by molar-refractivity contribution is -0.0197. The first-order valence-corrected chi connectivity index (χ1v) is 6.13. The molecule has 0 aromatic heterocycles. The first-order valence-electron chi connectivity index (χ1n) is 5.21. The monoisotopic (exact) mass is 247 g/mol. The average molecular weight is 248 g/mol. The molecule has 0 radical (unpaired) electrons. The molecule has 3 fully saturated rings. The maximum atomic E-state index is 9.18. The third kappa shape index (κ3) is 1.79. The van der Waals surface area contributed by atoms with Crippen molar-refractivity contribution in [2.45, 2.75) is 30.6 Å². The Morgan fingerprint density at radius 2 is 2.38 bits per heavy atom. The van der Waals surface area contributed by atoms with Crippen LogP contribution in [0.5, 0.6) is 0 Å². The summed E-state index contributed by atoms with van der Waals surface area (Å²) in [6.45, 7) is 4.98. The first-order chi connectivity index (χ1) is 6.22. The number of nitrogens with zero attached hydrogens (tertiary/aromatic N) is 1. The molecule has 2 nitrogen and oxygen atoms in total. The van der Waals surface area contributed by atoms with E-state index in [1.54, 1.807) is 0 Å². The predicted octanol–water partition coefficient (Wildman–Crippen LogP) is 1.47. The Labute approximate surface area is 88.4 Å². The number of hydrogen-bond donors (Lipinski definition) is 1. The van der Waals surface area contributed by atoms with Crippen LogP contribution in [0.15, 0.2) is 0 Å². The van der Waals surface area contributed by atoms with Gasteiger partial charge in [-0.1, -0.05) is 22.9 Å². The Hall–Kier alpha value is 0.400. The van der Waals surface area contributed by atoms with Gasteiger partial charge in [-0.2, -0.15) is 0 Å². The topological polar surface area (TPSA) is 23.5 Å². The number of rotatable bonds is 2. The minimum absolute atomic E-state index is 0.347. The van der Waals surface area contributed by atoms with Crippen LogP contribution in [0.25, 0.3) is 0 Å². The first kappa shape index (κ1) is 9.94. The van der Waals surface area contributed by atoms with Crippen LogP contribution in [0.3, 0.4) is 0 Å².